The third-order valence-corrected chi connectivity index (χ3v) is 4.90. The second-order valence-electron chi connectivity index (χ2n) is 7.29. The molecule has 3 rings (SSSR count). The van der Waals surface area contributed by atoms with Crippen LogP contribution in [0.5, 0.6) is 5.75 Å². The molecule has 3 aromatic rings. The molecule has 0 fully saturated rings. The van der Waals surface area contributed by atoms with E-state index in [-0.39, 0.29) is 12.3 Å². The van der Waals surface area contributed by atoms with Crippen LogP contribution in [0.1, 0.15) is 47.6 Å². The van der Waals surface area contributed by atoms with Crippen LogP contribution in [-0.2, 0) is 17.4 Å². The summed E-state index contributed by atoms with van der Waals surface area (Å²) in [5, 5.41) is 8.83. The first-order valence-corrected chi connectivity index (χ1v) is 9.67. The maximum absolute atomic E-state index is 12.8. The van der Waals surface area contributed by atoms with Crippen LogP contribution in [0.3, 0.4) is 0 Å². The predicted octanol–water partition coefficient (Wildman–Crippen LogP) is 6.13. The molecule has 0 radical (unpaired) electrons. The maximum Gasteiger partial charge on any atom is 0.416 e. The van der Waals surface area contributed by atoms with E-state index in [1.165, 1.54) is 12.1 Å². The highest BCUT2D eigenvalue weighted by Crippen LogP contribution is 2.33. The molecule has 1 heterocycles. The van der Waals surface area contributed by atoms with Gasteiger partial charge < -0.3 is 14.3 Å². The van der Waals surface area contributed by atoms with E-state index in [0.717, 1.165) is 23.3 Å². The van der Waals surface area contributed by atoms with Gasteiger partial charge in [0.05, 0.1) is 11.3 Å². The van der Waals surface area contributed by atoms with Crippen molar-refractivity contribution in [3.8, 4) is 17.2 Å². The molecule has 1 aromatic heterocycles. The number of aromatic nitrogens is 1. The first-order chi connectivity index (χ1) is 14.5. The number of benzene rings is 2. The molecule has 0 bridgehead atoms. The molecule has 0 saturated heterocycles. The molecule has 1 N–H and O–H groups in total. The van der Waals surface area contributed by atoms with Crippen molar-refractivity contribution in [3.63, 3.8) is 0 Å². The van der Waals surface area contributed by atoms with Crippen LogP contribution in [0.2, 0.25) is 0 Å². The highest BCUT2D eigenvalue weighted by atomic mass is 19.4. The van der Waals surface area contributed by atoms with E-state index in [4.69, 9.17) is 14.3 Å². The number of hydrogen-bond donors (Lipinski definition) is 1. The van der Waals surface area contributed by atoms with Crippen molar-refractivity contribution in [3.05, 3.63) is 70.6 Å². The molecule has 0 amide bonds. The highest BCUT2D eigenvalue weighted by Gasteiger charge is 2.30. The molecular weight excluding hydrogens is 411 g/mol. The Bertz CT molecular complexity index is 1070. The van der Waals surface area contributed by atoms with E-state index in [1.54, 1.807) is 19.9 Å². The Labute approximate surface area is 177 Å². The number of halogens is 3. The number of ether oxygens (including phenoxy) is 1. The Morgan fingerprint density at radius 3 is 2.42 bits per heavy atom. The number of aliphatic carboxylic acids is 1. The molecule has 0 aliphatic carbocycles. The quantitative estimate of drug-likeness (QED) is 0.485. The van der Waals surface area contributed by atoms with E-state index < -0.39 is 23.8 Å². The molecule has 0 aliphatic rings. The Balaban J connectivity index is 1.74. The standard InChI is InChI=1S/C23H22F3NO4/c1-13-12-19(10-6-16(13)7-11-20(28)29)30-15(3)21-14(2)27-22(31-21)17-4-8-18(9-5-17)23(24,25)26/h4-6,8-10,12,15H,7,11H2,1-3H3,(H,28,29)/t15-/m0/s1. The van der Waals surface area contributed by atoms with E-state index >= 15 is 0 Å². The summed E-state index contributed by atoms with van der Waals surface area (Å²) in [5.41, 5.74) is 2.14. The van der Waals surface area contributed by atoms with Gasteiger partial charge in [0, 0.05) is 12.0 Å². The van der Waals surface area contributed by atoms with Gasteiger partial charge in [0.15, 0.2) is 11.9 Å². The summed E-state index contributed by atoms with van der Waals surface area (Å²) in [7, 11) is 0. The van der Waals surface area contributed by atoms with Gasteiger partial charge in [0.1, 0.15) is 5.75 Å². The van der Waals surface area contributed by atoms with E-state index in [9.17, 15) is 18.0 Å². The fourth-order valence-corrected chi connectivity index (χ4v) is 3.23. The van der Waals surface area contributed by atoms with E-state index in [0.29, 0.717) is 29.2 Å². The molecule has 0 saturated carbocycles. The SMILES string of the molecule is Cc1cc(O[C@@H](C)c2oc(-c3ccc(C(F)(F)F)cc3)nc2C)ccc1CCC(=O)O. The Morgan fingerprint density at radius 2 is 1.84 bits per heavy atom. The van der Waals surface area contributed by atoms with Crippen molar-refractivity contribution in [2.24, 2.45) is 0 Å². The fraction of sp³-hybridized carbons (Fsp3) is 0.304. The van der Waals surface area contributed by atoms with Gasteiger partial charge in [0.25, 0.3) is 0 Å². The Hall–Kier alpha value is -3.29. The summed E-state index contributed by atoms with van der Waals surface area (Å²) in [6.45, 7) is 5.42. The number of carbonyl (C=O) groups is 1. The number of aryl methyl sites for hydroxylation is 3. The van der Waals surface area contributed by atoms with Crippen molar-refractivity contribution in [2.45, 2.75) is 45.9 Å². The first-order valence-electron chi connectivity index (χ1n) is 9.67. The normalized spacial score (nSPS) is 12.6. The molecule has 2 aromatic carbocycles. The lowest BCUT2D eigenvalue weighted by Gasteiger charge is -2.14. The molecule has 0 unspecified atom stereocenters. The van der Waals surface area contributed by atoms with Crippen LogP contribution in [0, 0.1) is 13.8 Å². The first kappa shape index (κ1) is 22.4. The van der Waals surface area contributed by atoms with Gasteiger partial charge in [0.2, 0.25) is 5.89 Å². The van der Waals surface area contributed by atoms with Crippen LogP contribution in [0.15, 0.2) is 46.9 Å². The molecule has 1 atom stereocenters. The molecule has 0 spiro atoms. The zero-order valence-electron chi connectivity index (χ0n) is 17.3. The minimum absolute atomic E-state index is 0.0570. The summed E-state index contributed by atoms with van der Waals surface area (Å²) in [5.74, 6) is 0.438. The summed E-state index contributed by atoms with van der Waals surface area (Å²) in [4.78, 5) is 15.1. The second kappa shape index (κ2) is 8.83. The van der Waals surface area contributed by atoms with Crippen LogP contribution in [0.25, 0.3) is 11.5 Å². The third-order valence-electron chi connectivity index (χ3n) is 4.90. The number of carboxylic acids is 1. The maximum atomic E-state index is 12.8. The average Bonchev–Trinajstić information content (AvgIpc) is 3.08. The number of carboxylic acid groups (broad SMARTS) is 1. The van der Waals surface area contributed by atoms with Gasteiger partial charge in [-0.1, -0.05) is 6.07 Å². The number of rotatable bonds is 7. The van der Waals surface area contributed by atoms with Gasteiger partial charge in [-0.3, -0.25) is 4.79 Å². The smallest absolute Gasteiger partial charge is 0.416 e. The number of alkyl halides is 3. The van der Waals surface area contributed by atoms with E-state index in [1.807, 2.05) is 19.1 Å². The molecular formula is C23H22F3NO4. The summed E-state index contributed by atoms with van der Waals surface area (Å²) >= 11 is 0. The molecule has 8 heteroatoms. The zero-order chi connectivity index (χ0) is 22.8. The minimum Gasteiger partial charge on any atom is -0.483 e. The lowest BCUT2D eigenvalue weighted by Crippen LogP contribution is -2.04. The number of nitrogens with zero attached hydrogens (tertiary/aromatic N) is 1. The largest absolute Gasteiger partial charge is 0.483 e. The van der Waals surface area contributed by atoms with Crippen molar-refractivity contribution >= 4 is 5.97 Å². The van der Waals surface area contributed by atoms with Gasteiger partial charge in [-0.25, -0.2) is 4.98 Å². The second-order valence-corrected chi connectivity index (χ2v) is 7.29. The highest BCUT2D eigenvalue weighted by molar-refractivity contribution is 5.67. The molecule has 0 aliphatic heterocycles. The predicted molar refractivity (Wildman–Crippen MR) is 108 cm³/mol. The minimum atomic E-state index is -4.40. The summed E-state index contributed by atoms with van der Waals surface area (Å²) in [6.07, 6.45) is -4.39. The van der Waals surface area contributed by atoms with E-state index in [2.05, 4.69) is 4.98 Å². The zero-order valence-corrected chi connectivity index (χ0v) is 17.3. The number of hydrogen-bond acceptors (Lipinski definition) is 4. The van der Waals surface area contributed by atoms with Crippen molar-refractivity contribution in [2.75, 3.05) is 0 Å². The van der Waals surface area contributed by atoms with Crippen LogP contribution < -0.4 is 4.74 Å². The van der Waals surface area contributed by atoms with Gasteiger partial charge >= 0.3 is 12.1 Å². The lowest BCUT2D eigenvalue weighted by molar-refractivity contribution is -0.138. The average molecular weight is 433 g/mol. The Morgan fingerprint density at radius 1 is 1.16 bits per heavy atom. The monoisotopic (exact) mass is 433 g/mol. The molecule has 31 heavy (non-hydrogen) atoms. The van der Waals surface area contributed by atoms with Crippen molar-refractivity contribution in [1.82, 2.24) is 4.98 Å². The van der Waals surface area contributed by atoms with Gasteiger partial charge in [-0.2, -0.15) is 13.2 Å². The number of oxazole rings is 1. The Kier molecular flexibility index (Phi) is 6.38. The lowest BCUT2D eigenvalue weighted by atomic mass is 10.0. The summed E-state index contributed by atoms with van der Waals surface area (Å²) < 4.78 is 50.0. The van der Waals surface area contributed by atoms with Crippen LogP contribution >= 0.6 is 0 Å². The van der Waals surface area contributed by atoms with Crippen LogP contribution in [0.4, 0.5) is 13.2 Å². The van der Waals surface area contributed by atoms with Crippen LogP contribution in [-0.4, -0.2) is 16.1 Å². The van der Waals surface area contributed by atoms with Crippen molar-refractivity contribution < 1.29 is 32.2 Å². The van der Waals surface area contributed by atoms with Crippen molar-refractivity contribution in [1.29, 1.82) is 0 Å². The topological polar surface area (TPSA) is 72.6 Å². The van der Waals surface area contributed by atoms with Gasteiger partial charge in [-0.15, -0.1) is 0 Å². The third kappa shape index (κ3) is 5.45. The fourth-order valence-electron chi connectivity index (χ4n) is 3.23. The summed E-state index contributed by atoms with van der Waals surface area (Å²) in [6, 6.07) is 10.1. The molecule has 5 nitrogen and oxygen atoms in total. The van der Waals surface area contributed by atoms with Gasteiger partial charge in [-0.05, 0) is 74.7 Å². The molecule has 164 valence electrons.